The van der Waals surface area contributed by atoms with Crippen molar-refractivity contribution in [3.05, 3.63) is 87.4 Å². The molecule has 0 aliphatic rings. The number of nitro groups is 1. The van der Waals surface area contributed by atoms with Crippen LogP contribution >= 0.6 is 11.6 Å². The summed E-state index contributed by atoms with van der Waals surface area (Å²) in [7, 11) is -2.49. The predicted molar refractivity (Wildman–Crippen MR) is 120 cm³/mol. The first-order valence-corrected chi connectivity index (χ1v) is 10.6. The second-order valence-corrected chi connectivity index (χ2v) is 8.31. The number of sulfonamides is 1. The normalized spacial score (nSPS) is 11.3. The second-order valence-electron chi connectivity index (χ2n) is 6.19. The Morgan fingerprint density at radius 2 is 1.74 bits per heavy atom. The third-order valence-corrected chi connectivity index (χ3v) is 5.72. The number of benzene rings is 3. The zero-order valence-corrected chi connectivity index (χ0v) is 17.7. The van der Waals surface area contributed by atoms with Crippen LogP contribution in [0.4, 0.5) is 17.1 Å². The van der Waals surface area contributed by atoms with Crippen molar-refractivity contribution >= 4 is 44.9 Å². The first-order valence-electron chi connectivity index (χ1n) is 8.78. The molecule has 0 atom stereocenters. The van der Waals surface area contributed by atoms with Gasteiger partial charge in [0.25, 0.3) is 15.7 Å². The SMILES string of the molecule is COc1ccc(/C=N/Nc2ccc(S(=O)(=O)Nc3ccc(Cl)cc3)cc2[N+](=O)[O-])cc1. The van der Waals surface area contributed by atoms with E-state index < -0.39 is 20.6 Å². The summed E-state index contributed by atoms with van der Waals surface area (Å²) >= 11 is 5.79. The number of hydrogen-bond acceptors (Lipinski definition) is 7. The number of ether oxygens (including phenoxy) is 1. The number of hydrazone groups is 1. The van der Waals surface area contributed by atoms with Crippen molar-refractivity contribution in [3.63, 3.8) is 0 Å². The lowest BCUT2D eigenvalue weighted by molar-refractivity contribution is -0.384. The molecule has 31 heavy (non-hydrogen) atoms. The molecule has 2 N–H and O–H groups in total. The van der Waals surface area contributed by atoms with Crippen LogP contribution in [-0.4, -0.2) is 26.7 Å². The maximum atomic E-state index is 12.6. The molecule has 11 heteroatoms. The fraction of sp³-hybridized carbons (Fsp3) is 0.0500. The van der Waals surface area contributed by atoms with Gasteiger partial charge >= 0.3 is 0 Å². The summed E-state index contributed by atoms with van der Waals surface area (Å²) in [6.45, 7) is 0. The van der Waals surface area contributed by atoms with Gasteiger partial charge in [-0.2, -0.15) is 5.10 Å². The molecule has 0 aliphatic heterocycles. The molecule has 0 saturated heterocycles. The molecule has 0 bridgehead atoms. The fourth-order valence-electron chi connectivity index (χ4n) is 2.52. The Kier molecular flexibility index (Phi) is 6.73. The number of anilines is 2. The van der Waals surface area contributed by atoms with E-state index in [0.717, 1.165) is 11.6 Å². The summed E-state index contributed by atoms with van der Waals surface area (Å²) in [5.74, 6) is 0.685. The van der Waals surface area contributed by atoms with Crippen molar-refractivity contribution in [3.8, 4) is 5.75 Å². The minimum atomic E-state index is -4.04. The van der Waals surface area contributed by atoms with Crippen LogP contribution in [0.1, 0.15) is 5.56 Å². The Morgan fingerprint density at radius 3 is 2.35 bits per heavy atom. The van der Waals surface area contributed by atoms with Gasteiger partial charge in [0.15, 0.2) is 0 Å². The fourth-order valence-corrected chi connectivity index (χ4v) is 3.73. The van der Waals surface area contributed by atoms with Crippen LogP contribution in [0.2, 0.25) is 5.02 Å². The summed E-state index contributed by atoms with van der Waals surface area (Å²) in [4.78, 5) is 10.5. The van der Waals surface area contributed by atoms with E-state index in [4.69, 9.17) is 16.3 Å². The Bertz CT molecular complexity index is 1210. The van der Waals surface area contributed by atoms with Crippen LogP contribution in [0.3, 0.4) is 0 Å². The lowest BCUT2D eigenvalue weighted by atomic mass is 10.2. The molecule has 160 valence electrons. The summed E-state index contributed by atoms with van der Waals surface area (Å²) in [5, 5.41) is 15.9. The Hall–Kier alpha value is -3.63. The van der Waals surface area contributed by atoms with E-state index in [1.54, 1.807) is 31.4 Å². The summed E-state index contributed by atoms with van der Waals surface area (Å²) < 4.78 is 32.6. The molecule has 0 aromatic heterocycles. The zero-order valence-electron chi connectivity index (χ0n) is 16.2. The highest BCUT2D eigenvalue weighted by atomic mass is 35.5. The molecule has 0 unspecified atom stereocenters. The number of halogens is 1. The minimum absolute atomic E-state index is 0.0419. The van der Waals surface area contributed by atoms with Crippen molar-refractivity contribution in [2.45, 2.75) is 4.90 Å². The number of rotatable bonds is 8. The number of nitrogens with one attached hydrogen (secondary N) is 2. The van der Waals surface area contributed by atoms with Crippen molar-refractivity contribution in [2.75, 3.05) is 17.3 Å². The molecule has 3 aromatic carbocycles. The first kappa shape index (κ1) is 22.1. The molecule has 0 radical (unpaired) electrons. The van der Waals surface area contributed by atoms with Gasteiger partial charge in [-0.25, -0.2) is 8.42 Å². The van der Waals surface area contributed by atoms with E-state index in [1.165, 1.54) is 42.6 Å². The van der Waals surface area contributed by atoms with Gasteiger partial charge in [-0.15, -0.1) is 0 Å². The Balaban J connectivity index is 1.80. The average molecular weight is 461 g/mol. The van der Waals surface area contributed by atoms with E-state index >= 15 is 0 Å². The van der Waals surface area contributed by atoms with Gasteiger partial charge in [0.05, 0.1) is 23.1 Å². The number of methoxy groups -OCH3 is 1. The Labute approximate surface area is 183 Å². The van der Waals surface area contributed by atoms with Gasteiger partial charge in [0.1, 0.15) is 11.4 Å². The van der Waals surface area contributed by atoms with Crippen LogP contribution in [0, 0.1) is 10.1 Å². The number of nitro benzene ring substituents is 1. The van der Waals surface area contributed by atoms with Gasteiger partial charge in [0, 0.05) is 16.8 Å². The molecule has 0 amide bonds. The second kappa shape index (κ2) is 9.45. The first-order chi connectivity index (χ1) is 14.8. The molecule has 3 rings (SSSR count). The maximum absolute atomic E-state index is 12.6. The summed E-state index contributed by atoms with van der Waals surface area (Å²) in [6, 6.07) is 16.5. The van der Waals surface area contributed by atoms with Gasteiger partial charge in [0.2, 0.25) is 0 Å². The smallest absolute Gasteiger partial charge is 0.295 e. The third kappa shape index (κ3) is 5.71. The standard InChI is InChI=1S/C20H17ClN4O5S/c1-30-17-8-2-14(3-9-17)13-22-23-19-11-10-18(12-20(19)25(26)27)31(28,29)24-16-6-4-15(21)5-7-16/h2-13,23-24H,1H3/b22-13+. The molecule has 0 heterocycles. The van der Waals surface area contributed by atoms with Crippen molar-refractivity contribution in [2.24, 2.45) is 5.10 Å². The third-order valence-electron chi connectivity index (χ3n) is 4.09. The molecule has 0 fully saturated rings. The molecule has 0 spiro atoms. The van der Waals surface area contributed by atoms with Crippen LogP contribution < -0.4 is 14.9 Å². The Morgan fingerprint density at radius 1 is 1.06 bits per heavy atom. The topological polar surface area (TPSA) is 123 Å². The minimum Gasteiger partial charge on any atom is -0.497 e. The lowest BCUT2D eigenvalue weighted by Gasteiger charge is -2.09. The van der Waals surface area contributed by atoms with Gasteiger partial charge in [-0.1, -0.05) is 11.6 Å². The van der Waals surface area contributed by atoms with Gasteiger partial charge in [-0.05, 0) is 66.2 Å². The van der Waals surface area contributed by atoms with Crippen LogP contribution in [0.15, 0.2) is 76.7 Å². The number of nitrogens with zero attached hydrogens (tertiary/aromatic N) is 2. The molecular weight excluding hydrogens is 444 g/mol. The van der Waals surface area contributed by atoms with Crippen LogP contribution in [0.5, 0.6) is 5.75 Å². The van der Waals surface area contributed by atoms with Crippen molar-refractivity contribution < 1.29 is 18.1 Å². The molecular formula is C20H17ClN4O5S. The van der Waals surface area contributed by atoms with E-state index in [1.807, 2.05) is 0 Å². The average Bonchev–Trinajstić information content (AvgIpc) is 2.75. The van der Waals surface area contributed by atoms with E-state index in [9.17, 15) is 18.5 Å². The molecule has 3 aromatic rings. The quantitative estimate of drug-likeness (QED) is 0.290. The molecule has 9 nitrogen and oxygen atoms in total. The molecule has 0 aliphatic carbocycles. The van der Waals surface area contributed by atoms with E-state index in [0.29, 0.717) is 10.8 Å². The van der Waals surface area contributed by atoms with Crippen molar-refractivity contribution in [1.29, 1.82) is 0 Å². The largest absolute Gasteiger partial charge is 0.497 e. The summed E-state index contributed by atoms with van der Waals surface area (Å²) in [5.41, 5.74) is 3.19. The zero-order chi connectivity index (χ0) is 22.4. The van der Waals surface area contributed by atoms with Crippen LogP contribution in [-0.2, 0) is 10.0 Å². The van der Waals surface area contributed by atoms with E-state index in [2.05, 4.69) is 15.2 Å². The highest BCUT2D eigenvalue weighted by molar-refractivity contribution is 7.92. The van der Waals surface area contributed by atoms with Gasteiger partial charge in [-0.3, -0.25) is 20.3 Å². The monoisotopic (exact) mass is 460 g/mol. The highest BCUT2D eigenvalue weighted by Crippen LogP contribution is 2.29. The highest BCUT2D eigenvalue weighted by Gasteiger charge is 2.21. The van der Waals surface area contributed by atoms with Gasteiger partial charge < -0.3 is 4.74 Å². The maximum Gasteiger partial charge on any atom is 0.295 e. The van der Waals surface area contributed by atoms with E-state index in [-0.39, 0.29) is 16.3 Å². The number of hydrogen-bond donors (Lipinski definition) is 2. The van der Waals surface area contributed by atoms with Crippen molar-refractivity contribution in [1.82, 2.24) is 0 Å². The van der Waals surface area contributed by atoms with Crippen LogP contribution in [0.25, 0.3) is 0 Å². The summed E-state index contributed by atoms with van der Waals surface area (Å²) in [6.07, 6.45) is 1.47. The molecule has 0 saturated carbocycles. The lowest BCUT2D eigenvalue weighted by Crippen LogP contribution is -2.13. The predicted octanol–water partition coefficient (Wildman–Crippen LogP) is 4.50.